The van der Waals surface area contributed by atoms with Crippen LogP contribution in [0.1, 0.15) is 17.5 Å². The highest BCUT2D eigenvalue weighted by molar-refractivity contribution is 7.93. The molecule has 0 aromatic heterocycles. The van der Waals surface area contributed by atoms with E-state index in [1.165, 1.54) is 16.4 Å². The van der Waals surface area contributed by atoms with Gasteiger partial charge in [0.25, 0.3) is 0 Å². The van der Waals surface area contributed by atoms with Crippen LogP contribution in [0.2, 0.25) is 0 Å². The summed E-state index contributed by atoms with van der Waals surface area (Å²) in [6, 6.07) is 10.6. The predicted molar refractivity (Wildman–Crippen MR) is 99.2 cm³/mol. The third-order valence-electron chi connectivity index (χ3n) is 4.22. The number of aryl methyl sites for hydroxylation is 1. The standard InChI is InChI=1S/C18H20FN3O3S/c1-13-3-8-16(22-9-2-10-26(22,24)25)11-17(13)21-18(23)20-12-14-4-6-15(19)7-5-14/h3-8,11H,2,9-10,12H2,1H3,(H2,20,21,23). The molecule has 3 rings (SSSR count). The van der Waals surface area contributed by atoms with Gasteiger partial charge in [0.15, 0.2) is 0 Å². The van der Waals surface area contributed by atoms with Crippen molar-refractivity contribution in [2.75, 3.05) is 21.9 Å². The molecule has 0 spiro atoms. The maximum Gasteiger partial charge on any atom is 0.319 e. The van der Waals surface area contributed by atoms with Gasteiger partial charge in [0.2, 0.25) is 10.0 Å². The second-order valence-corrected chi connectivity index (χ2v) is 8.19. The van der Waals surface area contributed by atoms with E-state index in [0.29, 0.717) is 24.3 Å². The number of sulfonamides is 1. The highest BCUT2D eigenvalue weighted by Crippen LogP contribution is 2.28. The van der Waals surface area contributed by atoms with Gasteiger partial charge in [0, 0.05) is 18.8 Å². The van der Waals surface area contributed by atoms with Gasteiger partial charge >= 0.3 is 6.03 Å². The van der Waals surface area contributed by atoms with Crippen LogP contribution in [0, 0.1) is 12.7 Å². The van der Waals surface area contributed by atoms with Gasteiger partial charge in [0.05, 0.1) is 11.4 Å². The van der Waals surface area contributed by atoms with E-state index in [1.807, 2.05) is 6.92 Å². The van der Waals surface area contributed by atoms with Crippen molar-refractivity contribution in [2.24, 2.45) is 0 Å². The number of hydrogen-bond donors (Lipinski definition) is 2. The molecule has 1 aliphatic heterocycles. The van der Waals surface area contributed by atoms with E-state index in [0.717, 1.165) is 11.1 Å². The van der Waals surface area contributed by atoms with Crippen molar-refractivity contribution in [3.63, 3.8) is 0 Å². The lowest BCUT2D eigenvalue weighted by Crippen LogP contribution is -2.29. The molecule has 1 fully saturated rings. The number of carbonyl (C=O) groups is 1. The lowest BCUT2D eigenvalue weighted by Gasteiger charge is -2.19. The molecule has 138 valence electrons. The minimum Gasteiger partial charge on any atom is -0.334 e. The molecule has 2 amide bonds. The summed E-state index contributed by atoms with van der Waals surface area (Å²) in [4.78, 5) is 12.1. The van der Waals surface area contributed by atoms with E-state index in [1.54, 1.807) is 30.3 Å². The van der Waals surface area contributed by atoms with Crippen molar-refractivity contribution in [2.45, 2.75) is 19.9 Å². The lowest BCUT2D eigenvalue weighted by molar-refractivity contribution is 0.251. The van der Waals surface area contributed by atoms with Crippen LogP contribution in [0.4, 0.5) is 20.6 Å². The number of hydrogen-bond acceptors (Lipinski definition) is 3. The SMILES string of the molecule is Cc1ccc(N2CCCS2(=O)=O)cc1NC(=O)NCc1ccc(F)cc1. The summed E-state index contributed by atoms with van der Waals surface area (Å²) in [5, 5.41) is 5.43. The summed E-state index contributed by atoms with van der Waals surface area (Å²) < 4.78 is 38.4. The highest BCUT2D eigenvalue weighted by Gasteiger charge is 2.28. The van der Waals surface area contributed by atoms with Crippen molar-refractivity contribution in [3.05, 3.63) is 59.4 Å². The van der Waals surface area contributed by atoms with Crippen LogP contribution < -0.4 is 14.9 Å². The molecule has 2 N–H and O–H groups in total. The number of halogens is 1. The molecule has 0 atom stereocenters. The first-order valence-corrected chi connectivity index (χ1v) is 9.86. The predicted octanol–water partition coefficient (Wildman–Crippen LogP) is 3.00. The van der Waals surface area contributed by atoms with Crippen LogP contribution in [0.25, 0.3) is 0 Å². The first-order chi connectivity index (χ1) is 12.3. The van der Waals surface area contributed by atoms with E-state index < -0.39 is 16.1 Å². The topological polar surface area (TPSA) is 78.5 Å². The van der Waals surface area contributed by atoms with Gasteiger partial charge in [-0.15, -0.1) is 0 Å². The van der Waals surface area contributed by atoms with E-state index in [2.05, 4.69) is 10.6 Å². The van der Waals surface area contributed by atoms with Crippen molar-refractivity contribution < 1.29 is 17.6 Å². The molecule has 0 bridgehead atoms. The van der Waals surface area contributed by atoms with Crippen LogP contribution >= 0.6 is 0 Å². The Bertz CT molecular complexity index is 914. The monoisotopic (exact) mass is 377 g/mol. The molecule has 1 heterocycles. The van der Waals surface area contributed by atoms with Crippen molar-refractivity contribution in [1.82, 2.24) is 5.32 Å². The van der Waals surface area contributed by atoms with Crippen LogP contribution in [0.15, 0.2) is 42.5 Å². The van der Waals surface area contributed by atoms with E-state index in [4.69, 9.17) is 0 Å². The van der Waals surface area contributed by atoms with Gasteiger partial charge in [-0.1, -0.05) is 18.2 Å². The average molecular weight is 377 g/mol. The molecule has 8 heteroatoms. The molecule has 2 aromatic carbocycles. The zero-order valence-electron chi connectivity index (χ0n) is 14.3. The van der Waals surface area contributed by atoms with E-state index in [9.17, 15) is 17.6 Å². The number of nitrogens with zero attached hydrogens (tertiary/aromatic N) is 1. The summed E-state index contributed by atoms with van der Waals surface area (Å²) >= 11 is 0. The fraction of sp³-hybridized carbons (Fsp3) is 0.278. The van der Waals surface area contributed by atoms with Crippen LogP contribution in [-0.4, -0.2) is 26.7 Å². The van der Waals surface area contributed by atoms with E-state index >= 15 is 0 Å². The number of amides is 2. The van der Waals surface area contributed by atoms with E-state index in [-0.39, 0.29) is 18.1 Å². The molecule has 6 nitrogen and oxygen atoms in total. The molecule has 1 saturated heterocycles. The Balaban J connectivity index is 1.68. The first kappa shape index (κ1) is 18.2. The zero-order valence-corrected chi connectivity index (χ0v) is 15.1. The molecular formula is C18H20FN3O3S. The van der Waals surface area contributed by atoms with Crippen molar-refractivity contribution in [3.8, 4) is 0 Å². The van der Waals surface area contributed by atoms with Gasteiger partial charge in [-0.3, -0.25) is 4.31 Å². The number of anilines is 2. The molecule has 0 aliphatic carbocycles. The number of urea groups is 1. The maximum absolute atomic E-state index is 12.9. The number of rotatable bonds is 4. The summed E-state index contributed by atoms with van der Waals surface area (Å²) in [6.45, 7) is 2.53. The minimum absolute atomic E-state index is 0.141. The fourth-order valence-electron chi connectivity index (χ4n) is 2.78. The molecule has 0 radical (unpaired) electrons. The zero-order chi connectivity index (χ0) is 18.7. The Morgan fingerprint density at radius 2 is 1.92 bits per heavy atom. The summed E-state index contributed by atoms with van der Waals surface area (Å²) in [5.41, 5.74) is 2.68. The average Bonchev–Trinajstić information content (AvgIpc) is 2.95. The first-order valence-electron chi connectivity index (χ1n) is 8.25. The largest absolute Gasteiger partial charge is 0.334 e. The van der Waals surface area contributed by atoms with Crippen LogP contribution in [-0.2, 0) is 16.6 Å². The third kappa shape index (κ3) is 4.13. The van der Waals surface area contributed by atoms with Gasteiger partial charge in [-0.2, -0.15) is 0 Å². The minimum atomic E-state index is -3.27. The van der Waals surface area contributed by atoms with Gasteiger partial charge in [-0.05, 0) is 48.7 Å². The number of nitrogens with one attached hydrogen (secondary N) is 2. The third-order valence-corrected chi connectivity index (χ3v) is 6.09. The number of benzene rings is 2. The summed E-state index contributed by atoms with van der Waals surface area (Å²) in [5.74, 6) is -0.190. The molecule has 2 aromatic rings. The smallest absolute Gasteiger partial charge is 0.319 e. The van der Waals surface area contributed by atoms with Gasteiger partial charge < -0.3 is 10.6 Å². The lowest BCUT2D eigenvalue weighted by atomic mass is 10.1. The molecule has 26 heavy (non-hydrogen) atoms. The molecule has 0 unspecified atom stereocenters. The Morgan fingerprint density at radius 1 is 1.19 bits per heavy atom. The summed E-state index contributed by atoms with van der Waals surface area (Å²) in [6.07, 6.45) is 0.594. The Labute approximate surface area is 152 Å². The van der Waals surface area contributed by atoms with Crippen molar-refractivity contribution >= 4 is 27.4 Å². The fourth-order valence-corrected chi connectivity index (χ4v) is 4.34. The molecule has 0 saturated carbocycles. The van der Waals surface area contributed by atoms with Crippen molar-refractivity contribution in [1.29, 1.82) is 0 Å². The van der Waals surface area contributed by atoms with Crippen LogP contribution in [0.3, 0.4) is 0 Å². The Hall–Kier alpha value is -2.61. The van der Waals surface area contributed by atoms with Gasteiger partial charge in [0.1, 0.15) is 5.82 Å². The quantitative estimate of drug-likeness (QED) is 0.860. The number of carbonyl (C=O) groups excluding carboxylic acids is 1. The maximum atomic E-state index is 12.9. The normalized spacial score (nSPS) is 15.7. The molecular weight excluding hydrogens is 357 g/mol. The van der Waals surface area contributed by atoms with Gasteiger partial charge in [-0.25, -0.2) is 17.6 Å². The Kier molecular flexibility index (Phi) is 5.13. The second kappa shape index (κ2) is 7.33. The summed E-state index contributed by atoms with van der Waals surface area (Å²) in [7, 11) is -3.27. The highest BCUT2D eigenvalue weighted by atomic mass is 32.2. The van der Waals surface area contributed by atoms with Crippen LogP contribution in [0.5, 0.6) is 0 Å². The Morgan fingerprint density at radius 3 is 2.58 bits per heavy atom. The second-order valence-electron chi connectivity index (χ2n) is 6.18. The molecule has 1 aliphatic rings.